The third-order valence-corrected chi connectivity index (χ3v) is 2.37. The van der Waals surface area contributed by atoms with E-state index in [-0.39, 0.29) is 0 Å². The fourth-order valence-corrected chi connectivity index (χ4v) is 1.52. The fraction of sp³-hybridized carbons (Fsp3) is 0.167. The number of nitrogen functional groups attached to an aromatic ring is 1. The molecule has 4 nitrogen and oxygen atoms in total. The summed E-state index contributed by atoms with van der Waals surface area (Å²) in [6.07, 6.45) is 4.67. The number of aliphatic hydroxyl groups is 1. The van der Waals surface area contributed by atoms with Crippen LogP contribution in [0, 0.1) is 0 Å². The van der Waals surface area contributed by atoms with Gasteiger partial charge in [-0.3, -0.25) is 9.97 Å². The van der Waals surface area contributed by atoms with Gasteiger partial charge in [0.1, 0.15) is 0 Å². The molecule has 0 aliphatic heterocycles. The van der Waals surface area contributed by atoms with Crippen LogP contribution in [0.4, 0.5) is 5.69 Å². The Morgan fingerprint density at radius 1 is 1.25 bits per heavy atom. The Kier molecular flexibility index (Phi) is 3.12. The summed E-state index contributed by atoms with van der Waals surface area (Å²) in [7, 11) is 0. The van der Waals surface area contributed by atoms with Crippen LogP contribution in [0.2, 0.25) is 0 Å². The first-order valence-electron chi connectivity index (χ1n) is 5.04. The molecule has 0 amide bonds. The molecule has 0 spiro atoms. The zero-order valence-electron chi connectivity index (χ0n) is 8.74. The van der Waals surface area contributed by atoms with E-state index >= 15 is 0 Å². The Morgan fingerprint density at radius 3 is 2.81 bits per heavy atom. The fourth-order valence-electron chi connectivity index (χ4n) is 1.52. The van der Waals surface area contributed by atoms with Gasteiger partial charge in [-0.25, -0.2) is 0 Å². The first-order chi connectivity index (χ1) is 7.77. The first-order valence-corrected chi connectivity index (χ1v) is 5.04. The Bertz CT molecular complexity index is 459. The Labute approximate surface area is 93.8 Å². The van der Waals surface area contributed by atoms with Crippen LogP contribution in [-0.4, -0.2) is 15.1 Å². The van der Waals surface area contributed by atoms with Crippen molar-refractivity contribution in [1.82, 2.24) is 9.97 Å². The van der Waals surface area contributed by atoms with Gasteiger partial charge < -0.3 is 10.8 Å². The summed E-state index contributed by atoms with van der Waals surface area (Å²) in [5.74, 6) is 0. The Hall–Kier alpha value is -1.94. The molecule has 0 aliphatic rings. The first kappa shape index (κ1) is 10.6. The van der Waals surface area contributed by atoms with Gasteiger partial charge in [-0.05, 0) is 18.2 Å². The lowest BCUT2D eigenvalue weighted by Gasteiger charge is -2.11. The van der Waals surface area contributed by atoms with E-state index in [0.29, 0.717) is 17.7 Å². The number of nitrogens with zero attached hydrogens (tertiary/aromatic N) is 2. The maximum absolute atomic E-state index is 9.99. The molecular formula is C12H13N3O. The maximum atomic E-state index is 9.99. The van der Waals surface area contributed by atoms with E-state index in [0.717, 1.165) is 5.69 Å². The lowest BCUT2D eigenvalue weighted by atomic mass is 10.1. The van der Waals surface area contributed by atoms with Crippen LogP contribution < -0.4 is 5.73 Å². The summed E-state index contributed by atoms with van der Waals surface area (Å²) in [4.78, 5) is 8.10. The smallest absolute Gasteiger partial charge is 0.0880 e. The zero-order valence-corrected chi connectivity index (χ0v) is 8.74. The number of aliphatic hydroxyl groups excluding tert-OH is 1. The number of aromatic nitrogens is 2. The second-order valence-corrected chi connectivity index (χ2v) is 3.55. The molecule has 2 heterocycles. The molecule has 3 N–H and O–H groups in total. The average Bonchev–Trinajstić information content (AvgIpc) is 2.31. The van der Waals surface area contributed by atoms with E-state index in [2.05, 4.69) is 9.97 Å². The van der Waals surface area contributed by atoms with Crippen LogP contribution in [0.1, 0.15) is 17.4 Å². The van der Waals surface area contributed by atoms with Crippen molar-refractivity contribution in [2.24, 2.45) is 0 Å². The highest BCUT2D eigenvalue weighted by atomic mass is 16.3. The van der Waals surface area contributed by atoms with E-state index in [1.807, 2.05) is 18.2 Å². The van der Waals surface area contributed by atoms with Gasteiger partial charge >= 0.3 is 0 Å². The molecule has 0 aromatic carbocycles. The second-order valence-electron chi connectivity index (χ2n) is 3.55. The molecule has 1 atom stereocenters. The Balaban J connectivity index is 2.15. The average molecular weight is 215 g/mol. The number of pyridine rings is 2. The molecule has 0 radical (unpaired) electrons. The lowest BCUT2D eigenvalue weighted by Crippen LogP contribution is -2.06. The summed E-state index contributed by atoms with van der Waals surface area (Å²) < 4.78 is 0. The van der Waals surface area contributed by atoms with Crippen molar-refractivity contribution < 1.29 is 5.11 Å². The van der Waals surface area contributed by atoms with E-state index in [1.165, 1.54) is 0 Å². The van der Waals surface area contributed by atoms with Gasteiger partial charge in [-0.15, -0.1) is 0 Å². The summed E-state index contributed by atoms with van der Waals surface area (Å²) in [5, 5.41) is 9.99. The van der Waals surface area contributed by atoms with Crippen molar-refractivity contribution in [1.29, 1.82) is 0 Å². The predicted octanol–water partition coefficient (Wildman–Crippen LogP) is 1.33. The predicted molar refractivity (Wildman–Crippen MR) is 61.6 cm³/mol. The molecule has 16 heavy (non-hydrogen) atoms. The van der Waals surface area contributed by atoms with Crippen LogP contribution in [0.15, 0.2) is 42.9 Å². The van der Waals surface area contributed by atoms with E-state index in [4.69, 9.17) is 5.73 Å². The van der Waals surface area contributed by atoms with Gasteiger partial charge in [-0.1, -0.05) is 6.07 Å². The van der Waals surface area contributed by atoms with Crippen molar-refractivity contribution in [3.8, 4) is 0 Å². The van der Waals surface area contributed by atoms with Gasteiger partial charge in [0.05, 0.1) is 6.10 Å². The standard InChI is InChI=1S/C12H13N3O/c13-11-4-6-14-8-10(11)12(16)7-9-3-1-2-5-15-9/h1-6,8,12,16H,7H2,(H2,13,14). The largest absolute Gasteiger partial charge is 0.398 e. The number of nitrogens with two attached hydrogens (primary N) is 1. The van der Waals surface area contributed by atoms with E-state index < -0.39 is 6.10 Å². The van der Waals surface area contributed by atoms with Crippen LogP contribution >= 0.6 is 0 Å². The van der Waals surface area contributed by atoms with Gasteiger partial charge in [-0.2, -0.15) is 0 Å². The van der Waals surface area contributed by atoms with Crippen molar-refractivity contribution in [3.63, 3.8) is 0 Å². The van der Waals surface area contributed by atoms with Crippen LogP contribution in [0.3, 0.4) is 0 Å². The molecule has 2 aromatic heterocycles. The molecule has 0 fully saturated rings. The molecule has 1 unspecified atom stereocenters. The van der Waals surface area contributed by atoms with Gasteiger partial charge in [0.2, 0.25) is 0 Å². The number of rotatable bonds is 3. The second kappa shape index (κ2) is 4.72. The molecule has 0 saturated carbocycles. The molecular weight excluding hydrogens is 202 g/mol. The van der Waals surface area contributed by atoms with Gasteiger partial charge in [0.25, 0.3) is 0 Å². The SMILES string of the molecule is Nc1ccncc1C(O)Cc1ccccn1. The highest BCUT2D eigenvalue weighted by molar-refractivity contribution is 5.45. The molecule has 2 aromatic rings. The van der Waals surface area contributed by atoms with Crippen molar-refractivity contribution in [3.05, 3.63) is 54.1 Å². The molecule has 0 saturated heterocycles. The van der Waals surface area contributed by atoms with Crippen molar-refractivity contribution in [2.75, 3.05) is 5.73 Å². The zero-order chi connectivity index (χ0) is 11.4. The third kappa shape index (κ3) is 2.35. The lowest BCUT2D eigenvalue weighted by molar-refractivity contribution is 0.177. The summed E-state index contributed by atoms with van der Waals surface area (Å²) in [6, 6.07) is 7.28. The molecule has 2 rings (SSSR count). The maximum Gasteiger partial charge on any atom is 0.0880 e. The number of anilines is 1. The molecule has 4 heteroatoms. The number of hydrogen-bond acceptors (Lipinski definition) is 4. The highest BCUT2D eigenvalue weighted by Gasteiger charge is 2.12. The quantitative estimate of drug-likeness (QED) is 0.810. The van der Waals surface area contributed by atoms with Gasteiger partial charge in [0, 0.05) is 42.0 Å². The summed E-state index contributed by atoms with van der Waals surface area (Å²) in [5.41, 5.74) is 7.79. The van der Waals surface area contributed by atoms with E-state index in [9.17, 15) is 5.11 Å². The minimum Gasteiger partial charge on any atom is -0.398 e. The molecule has 82 valence electrons. The van der Waals surface area contributed by atoms with E-state index in [1.54, 1.807) is 24.7 Å². The van der Waals surface area contributed by atoms with Crippen LogP contribution in [-0.2, 0) is 6.42 Å². The highest BCUT2D eigenvalue weighted by Crippen LogP contribution is 2.21. The Morgan fingerprint density at radius 2 is 2.12 bits per heavy atom. The third-order valence-electron chi connectivity index (χ3n) is 2.37. The molecule has 0 bridgehead atoms. The van der Waals surface area contributed by atoms with Crippen molar-refractivity contribution in [2.45, 2.75) is 12.5 Å². The monoisotopic (exact) mass is 215 g/mol. The minimum atomic E-state index is -0.663. The summed E-state index contributed by atoms with van der Waals surface area (Å²) >= 11 is 0. The van der Waals surface area contributed by atoms with Crippen LogP contribution in [0.5, 0.6) is 0 Å². The van der Waals surface area contributed by atoms with Crippen molar-refractivity contribution >= 4 is 5.69 Å². The van der Waals surface area contributed by atoms with Crippen LogP contribution in [0.25, 0.3) is 0 Å². The summed E-state index contributed by atoms with van der Waals surface area (Å²) in [6.45, 7) is 0. The number of hydrogen-bond donors (Lipinski definition) is 2. The topological polar surface area (TPSA) is 72.0 Å². The molecule has 0 aliphatic carbocycles. The normalized spacial score (nSPS) is 12.3. The minimum absolute atomic E-state index is 0.441. The van der Waals surface area contributed by atoms with Gasteiger partial charge in [0.15, 0.2) is 0 Å².